The minimum absolute atomic E-state index is 0.136. The first-order chi connectivity index (χ1) is 8.21. The summed E-state index contributed by atoms with van der Waals surface area (Å²) in [4.78, 5) is 0. The predicted molar refractivity (Wildman–Crippen MR) is 76.0 cm³/mol. The minimum atomic E-state index is -3.11. The molecule has 0 spiro atoms. The molecular formula is C13H28N2O2S. The van der Waals surface area contributed by atoms with Crippen molar-refractivity contribution in [3.05, 3.63) is 0 Å². The van der Waals surface area contributed by atoms with Crippen molar-refractivity contribution in [1.82, 2.24) is 10.0 Å². The smallest absolute Gasteiger partial charge is 0.211 e. The number of piperidine rings is 1. The Morgan fingerprint density at radius 2 is 1.83 bits per heavy atom. The molecule has 4 nitrogen and oxygen atoms in total. The summed E-state index contributed by atoms with van der Waals surface area (Å²) in [7, 11) is -3.11. The lowest BCUT2D eigenvalue weighted by Crippen LogP contribution is -2.38. The molecule has 18 heavy (non-hydrogen) atoms. The van der Waals surface area contributed by atoms with Crippen LogP contribution in [0.15, 0.2) is 0 Å². The molecule has 5 heteroatoms. The first kappa shape index (κ1) is 15.9. The maximum Gasteiger partial charge on any atom is 0.211 e. The highest BCUT2D eigenvalue weighted by Crippen LogP contribution is 2.24. The van der Waals surface area contributed by atoms with Gasteiger partial charge in [-0.2, -0.15) is 0 Å². The quantitative estimate of drug-likeness (QED) is 0.801. The summed E-state index contributed by atoms with van der Waals surface area (Å²) in [6.07, 6.45) is 1.94. The van der Waals surface area contributed by atoms with Crippen LogP contribution in [0.4, 0.5) is 0 Å². The fraction of sp³-hybridized carbons (Fsp3) is 1.00. The van der Waals surface area contributed by atoms with E-state index < -0.39 is 10.0 Å². The van der Waals surface area contributed by atoms with Crippen molar-refractivity contribution in [2.75, 3.05) is 25.4 Å². The molecule has 0 radical (unpaired) electrons. The van der Waals surface area contributed by atoms with Gasteiger partial charge in [-0.25, -0.2) is 13.1 Å². The van der Waals surface area contributed by atoms with E-state index in [2.05, 4.69) is 37.7 Å². The van der Waals surface area contributed by atoms with Gasteiger partial charge in [-0.1, -0.05) is 27.7 Å². The van der Waals surface area contributed by atoms with Crippen LogP contribution in [0.5, 0.6) is 0 Å². The Labute approximate surface area is 112 Å². The Morgan fingerprint density at radius 1 is 1.28 bits per heavy atom. The molecule has 1 unspecified atom stereocenters. The van der Waals surface area contributed by atoms with E-state index in [1.54, 1.807) is 0 Å². The lowest BCUT2D eigenvalue weighted by molar-refractivity contribution is 0.262. The van der Waals surface area contributed by atoms with Gasteiger partial charge in [0.05, 0.1) is 5.75 Å². The second-order valence-corrected chi connectivity index (χ2v) is 8.44. The molecule has 1 fully saturated rings. The zero-order chi connectivity index (χ0) is 13.8. The summed E-state index contributed by atoms with van der Waals surface area (Å²) in [5.74, 6) is 0.930. The third kappa shape index (κ3) is 5.67. The SMILES string of the molecule is CC(CNS(=O)(=O)CC1CCNCC1)C(C)(C)C. The maximum atomic E-state index is 12.0. The van der Waals surface area contributed by atoms with Crippen LogP contribution >= 0.6 is 0 Å². The molecule has 1 rings (SSSR count). The summed E-state index contributed by atoms with van der Waals surface area (Å²) in [6, 6.07) is 0. The molecule has 108 valence electrons. The average molecular weight is 276 g/mol. The first-order valence-corrected chi connectivity index (χ1v) is 8.54. The Balaban J connectivity index is 2.40. The van der Waals surface area contributed by atoms with Crippen molar-refractivity contribution >= 4 is 10.0 Å². The van der Waals surface area contributed by atoms with Crippen molar-refractivity contribution < 1.29 is 8.42 Å². The van der Waals surface area contributed by atoms with E-state index in [0.29, 0.717) is 18.4 Å². The number of hydrogen-bond acceptors (Lipinski definition) is 3. The van der Waals surface area contributed by atoms with Gasteiger partial charge in [0.2, 0.25) is 10.0 Å². The van der Waals surface area contributed by atoms with Crippen LogP contribution in [0.2, 0.25) is 0 Å². The van der Waals surface area contributed by atoms with Gasteiger partial charge in [-0.3, -0.25) is 0 Å². The molecule has 1 atom stereocenters. The Bertz CT molecular complexity index is 340. The summed E-state index contributed by atoms with van der Waals surface area (Å²) < 4.78 is 26.8. The second kappa shape index (κ2) is 6.35. The molecule has 0 bridgehead atoms. The van der Waals surface area contributed by atoms with Gasteiger partial charge in [0.25, 0.3) is 0 Å². The summed E-state index contributed by atoms with van der Waals surface area (Å²) >= 11 is 0. The van der Waals surface area contributed by atoms with Gasteiger partial charge in [0.1, 0.15) is 0 Å². The molecule has 2 N–H and O–H groups in total. The zero-order valence-electron chi connectivity index (χ0n) is 12.1. The molecule has 0 aromatic heterocycles. The van der Waals surface area contributed by atoms with Crippen LogP contribution in [0.3, 0.4) is 0 Å². The van der Waals surface area contributed by atoms with E-state index in [1.807, 2.05) is 0 Å². The lowest BCUT2D eigenvalue weighted by Gasteiger charge is -2.28. The molecule has 1 aliphatic heterocycles. The molecule has 0 amide bonds. The van der Waals surface area contributed by atoms with Crippen molar-refractivity contribution in [3.63, 3.8) is 0 Å². The van der Waals surface area contributed by atoms with Crippen LogP contribution < -0.4 is 10.0 Å². The van der Waals surface area contributed by atoms with Gasteiger partial charge in [-0.05, 0) is 43.2 Å². The standard InChI is InChI=1S/C13H28N2O2S/c1-11(13(2,3)4)9-15-18(16,17)10-12-5-7-14-8-6-12/h11-12,14-15H,5-10H2,1-4H3. The van der Waals surface area contributed by atoms with Crippen LogP contribution in [-0.4, -0.2) is 33.8 Å². The average Bonchev–Trinajstić information content (AvgIpc) is 2.25. The normalized spacial score (nSPS) is 20.9. The largest absolute Gasteiger partial charge is 0.317 e. The zero-order valence-corrected chi connectivity index (χ0v) is 12.9. The number of hydrogen-bond donors (Lipinski definition) is 2. The van der Waals surface area contributed by atoms with Crippen molar-refractivity contribution in [2.24, 2.45) is 17.3 Å². The minimum Gasteiger partial charge on any atom is -0.317 e. The van der Waals surface area contributed by atoms with Gasteiger partial charge < -0.3 is 5.32 Å². The second-order valence-electron chi connectivity index (χ2n) is 6.59. The summed E-state index contributed by atoms with van der Waals surface area (Å²) in [6.45, 7) is 10.9. The highest BCUT2D eigenvalue weighted by molar-refractivity contribution is 7.89. The van der Waals surface area contributed by atoms with Crippen LogP contribution in [-0.2, 0) is 10.0 Å². The molecule has 0 saturated carbocycles. The van der Waals surface area contributed by atoms with E-state index in [4.69, 9.17) is 0 Å². The van der Waals surface area contributed by atoms with Crippen molar-refractivity contribution in [3.8, 4) is 0 Å². The number of nitrogens with one attached hydrogen (secondary N) is 2. The third-order valence-corrected chi connectivity index (χ3v) is 5.52. The topological polar surface area (TPSA) is 58.2 Å². The molecule has 1 heterocycles. The molecule has 1 saturated heterocycles. The molecular weight excluding hydrogens is 248 g/mol. The Hall–Kier alpha value is -0.130. The van der Waals surface area contributed by atoms with Gasteiger partial charge in [-0.15, -0.1) is 0 Å². The van der Waals surface area contributed by atoms with Crippen molar-refractivity contribution in [2.45, 2.75) is 40.5 Å². The highest BCUT2D eigenvalue weighted by atomic mass is 32.2. The fourth-order valence-electron chi connectivity index (χ4n) is 1.98. The van der Waals surface area contributed by atoms with Gasteiger partial charge in [0, 0.05) is 6.54 Å². The number of sulfonamides is 1. The van der Waals surface area contributed by atoms with E-state index >= 15 is 0 Å². The first-order valence-electron chi connectivity index (χ1n) is 6.89. The molecule has 0 aliphatic carbocycles. The highest BCUT2D eigenvalue weighted by Gasteiger charge is 2.24. The van der Waals surface area contributed by atoms with E-state index in [1.165, 1.54) is 0 Å². The molecule has 1 aliphatic rings. The van der Waals surface area contributed by atoms with Gasteiger partial charge in [0.15, 0.2) is 0 Å². The maximum absolute atomic E-state index is 12.0. The Kier molecular flexibility index (Phi) is 5.62. The van der Waals surface area contributed by atoms with Crippen molar-refractivity contribution in [1.29, 1.82) is 0 Å². The predicted octanol–water partition coefficient (Wildman–Crippen LogP) is 1.59. The third-order valence-electron chi connectivity index (χ3n) is 4.00. The molecule has 0 aromatic rings. The summed E-state index contributed by atoms with van der Waals surface area (Å²) in [5, 5.41) is 3.26. The fourth-order valence-corrected chi connectivity index (χ4v) is 3.55. The van der Waals surface area contributed by atoms with Crippen LogP contribution in [0, 0.1) is 17.3 Å². The van der Waals surface area contributed by atoms with E-state index in [9.17, 15) is 8.42 Å². The Morgan fingerprint density at radius 3 is 2.33 bits per heavy atom. The van der Waals surface area contributed by atoms with Crippen LogP contribution in [0.1, 0.15) is 40.5 Å². The van der Waals surface area contributed by atoms with E-state index in [0.717, 1.165) is 25.9 Å². The van der Waals surface area contributed by atoms with Crippen LogP contribution in [0.25, 0.3) is 0 Å². The van der Waals surface area contributed by atoms with E-state index in [-0.39, 0.29) is 11.2 Å². The summed E-state index contributed by atoms with van der Waals surface area (Å²) in [5.41, 5.74) is 0.136. The lowest BCUT2D eigenvalue weighted by atomic mass is 9.82. The molecule has 0 aromatic carbocycles. The van der Waals surface area contributed by atoms with Gasteiger partial charge >= 0.3 is 0 Å². The monoisotopic (exact) mass is 276 g/mol. The number of rotatable bonds is 5.